The van der Waals surface area contributed by atoms with Crippen LogP contribution in [0, 0.1) is 0 Å². The number of para-hydroxylation sites is 1. The van der Waals surface area contributed by atoms with E-state index in [4.69, 9.17) is 9.97 Å². The minimum atomic E-state index is -0.159. The number of benzene rings is 2. The average Bonchev–Trinajstić information content (AvgIpc) is 3.55. The Balaban J connectivity index is 1.43. The van der Waals surface area contributed by atoms with Crippen LogP contribution >= 0.6 is 0 Å². The number of aromatic nitrogens is 6. The maximum absolute atomic E-state index is 12.0. The van der Waals surface area contributed by atoms with Gasteiger partial charge < -0.3 is 5.32 Å². The van der Waals surface area contributed by atoms with Crippen LogP contribution in [-0.2, 0) is 0 Å². The van der Waals surface area contributed by atoms with Crippen LogP contribution in [0.5, 0.6) is 0 Å². The van der Waals surface area contributed by atoms with Gasteiger partial charge in [-0.2, -0.15) is 5.10 Å². The van der Waals surface area contributed by atoms with Crippen LogP contribution in [0.1, 0.15) is 37.3 Å². The minimum absolute atomic E-state index is 0.159. The van der Waals surface area contributed by atoms with Gasteiger partial charge in [0.25, 0.3) is 5.56 Å². The minimum Gasteiger partial charge on any atom is -0.325 e. The summed E-state index contributed by atoms with van der Waals surface area (Å²) in [7, 11) is 0. The summed E-state index contributed by atoms with van der Waals surface area (Å²) in [4.78, 5) is 21.6. The highest BCUT2D eigenvalue weighted by Crippen LogP contribution is 2.34. The molecule has 31 heavy (non-hydrogen) atoms. The van der Waals surface area contributed by atoms with Gasteiger partial charge in [-0.05, 0) is 43.2 Å². The summed E-state index contributed by atoms with van der Waals surface area (Å²) in [6, 6.07) is 15.5. The molecule has 1 aliphatic rings. The average molecular weight is 411 g/mol. The smallest absolute Gasteiger partial charge is 0.271 e. The predicted molar refractivity (Wildman–Crippen MR) is 121 cm³/mol. The van der Waals surface area contributed by atoms with Crippen molar-refractivity contribution in [1.82, 2.24) is 30.4 Å². The lowest BCUT2D eigenvalue weighted by Crippen LogP contribution is -2.00. The molecule has 1 aliphatic carbocycles. The highest BCUT2D eigenvalue weighted by Gasteiger charge is 2.20. The molecule has 0 atom stereocenters. The van der Waals surface area contributed by atoms with Gasteiger partial charge in [0.2, 0.25) is 0 Å². The molecule has 3 heterocycles. The van der Waals surface area contributed by atoms with Crippen molar-refractivity contribution >= 4 is 33.4 Å². The van der Waals surface area contributed by atoms with Crippen LogP contribution in [0.25, 0.3) is 33.2 Å². The van der Waals surface area contributed by atoms with E-state index in [1.165, 1.54) is 25.7 Å². The monoisotopic (exact) mass is 411 g/mol. The number of nitrogens with one attached hydrogen (secondary N) is 4. The van der Waals surface area contributed by atoms with Crippen LogP contribution in [0.2, 0.25) is 0 Å². The molecule has 2 aromatic carbocycles. The standard InChI is InChI=1S/C23H21N7O/c31-23-16-11-14(9-10-18(16)27-30-23)21-24-17-8-4-3-7-15(17)22(26-21)25-20-12-19(28-29-20)13-5-1-2-6-13/h3-4,7-13H,1-2,5-6H2,(H2,27,30,31)(H2,24,25,26,28,29). The third-order valence-corrected chi connectivity index (χ3v) is 6.06. The van der Waals surface area contributed by atoms with Gasteiger partial charge in [0.05, 0.1) is 22.1 Å². The molecule has 1 fully saturated rings. The van der Waals surface area contributed by atoms with Crippen molar-refractivity contribution in [2.24, 2.45) is 0 Å². The van der Waals surface area contributed by atoms with Gasteiger partial charge in [-0.25, -0.2) is 9.97 Å². The van der Waals surface area contributed by atoms with Gasteiger partial charge in [0.15, 0.2) is 5.82 Å². The van der Waals surface area contributed by atoms with Crippen LogP contribution in [0.3, 0.4) is 0 Å². The third kappa shape index (κ3) is 3.16. The first-order valence-electron chi connectivity index (χ1n) is 10.5. The highest BCUT2D eigenvalue weighted by molar-refractivity contribution is 5.92. The Morgan fingerprint density at radius 1 is 0.935 bits per heavy atom. The molecule has 3 aromatic heterocycles. The Morgan fingerprint density at radius 3 is 2.71 bits per heavy atom. The number of hydrogen-bond acceptors (Lipinski definition) is 5. The van der Waals surface area contributed by atoms with E-state index in [2.05, 4.69) is 31.8 Å². The summed E-state index contributed by atoms with van der Waals surface area (Å²) >= 11 is 0. The number of fused-ring (bicyclic) bond motifs is 2. The van der Waals surface area contributed by atoms with E-state index in [9.17, 15) is 4.79 Å². The second kappa shape index (κ2) is 7.09. The van der Waals surface area contributed by atoms with Gasteiger partial charge >= 0.3 is 0 Å². The zero-order valence-corrected chi connectivity index (χ0v) is 16.8. The SMILES string of the molecule is O=c1[nH][nH]c2ccc(-c3nc(Nc4cc(C5CCCC5)n[nH]4)c4ccccc4n3)cc12. The molecule has 0 bridgehead atoms. The lowest BCUT2D eigenvalue weighted by Gasteiger charge is -2.10. The molecular formula is C23H21N7O. The summed E-state index contributed by atoms with van der Waals surface area (Å²) in [5, 5.41) is 18.0. The van der Waals surface area contributed by atoms with E-state index in [-0.39, 0.29) is 5.56 Å². The number of hydrogen-bond donors (Lipinski definition) is 4. The van der Waals surface area contributed by atoms with Crippen LogP contribution < -0.4 is 10.9 Å². The normalized spacial score (nSPS) is 14.6. The Kier molecular flexibility index (Phi) is 4.09. The van der Waals surface area contributed by atoms with Crippen LogP contribution in [0.15, 0.2) is 53.3 Å². The zero-order chi connectivity index (χ0) is 20.8. The molecule has 6 rings (SSSR count). The lowest BCUT2D eigenvalue weighted by atomic mass is 10.0. The van der Waals surface area contributed by atoms with Gasteiger partial charge in [-0.15, -0.1) is 0 Å². The zero-order valence-electron chi connectivity index (χ0n) is 16.8. The van der Waals surface area contributed by atoms with Crippen molar-refractivity contribution in [1.29, 1.82) is 0 Å². The van der Waals surface area contributed by atoms with Crippen molar-refractivity contribution in [3.8, 4) is 11.4 Å². The number of anilines is 2. The van der Waals surface area contributed by atoms with E-state index in [1.807, 2.05) is 42.5 Å². The van der Waals surface area contributed by atoms with E-state index >= 15 is 0 Å². The molecule has 5 aromatic rings. The molecule has 0 spiro atoms. The van der Waals surface area contributed by atoms with Crippen molar-refractivity contribution in [3.63, 3.8) is 0 Å². The van der Waals surface area contributed by atoms with E-state index in [0.717, 1.165) is 33.5 Å². The number of H-pyrrole nitrogens is 3. The van der Waals surface area contributed by atoms with E-state index in [0.29, 0.717) is 22.9 Å². The van der Waals surface area contributed by atoms with Crippen LogP contribution in [0.4, 0.5) is 11.6 Å². The molecule has 4 N–H and O–H groups in total. The molecule has 0 amide bonds. The Labute approximate surface area is 177 Å². The van der Waals surface area contributed by atoms with Crippen molar-refractivity contribution in [3.05, 3.63) is 64.6 Å². The fourth-order valence-corrected chi connectivity index (χ4v) is 4.43. The molecule has 0 radical (unpaired) electrons. The van der Waals surface area contributed by atoms with E-state index in [1.54, 1.807) is 0 Å². The number of rotatable bonds is 4. The summed E-state index contributed by atoms with van der Waals surface area (Å²) in [6.45, 7) is 0. The van der Waals surface area contributed by atoms with Crippen molar-refractivity contribution < 1.29 is 0 Å². The maximum atomic E-state index is 12.0. The highest BCUT2D eigenvalue weighted by atomic mass is 16.1. The maximum Gasteiger partial charge on any atom is 0.271 e. The molecule has 154 valence electrons. The lowest BCUT2D eigenvalue weighted by molar-refractivity contribution is 0.693. The second-order valence-electron chi connectivity index (χ2n) is 8.07. The fraction of sp³-hybridized carbons (Fsp3) is 0.217. The Bertz CT molecular complexity index is 1460. The Hall–Kier alpha value is -3.94. The first-order valence-corrected chi connectivity index (χ1v) is 10.5. The van der Waals surface area contributed by atoms with E-state index < -0.39 is 0 Å². The quantitative estimate of drug-likeness (QED) is 0.345. The molecule has 0 unspecified atom stereocenters. The number of aromatic amines is 3. The summed E-state index contributed by atoms with van der Waals surface area (Å²) in [5.41, 5.74) is 3.31. The van der Waals surface area contributed by atoms with Gasteiger partial charge in [-0.3, -0.25) is 20.1 Å². The first-order chi connectivity index (χ1) is 15.2. The fourth-order valence-electron chi connectivity index (χ4n) is 4.43. The molecular weight excluding hydrogens is 390 g/mol. The van der Waals surface area contributed by atoms with Crippen molar-refractivity contribution in [2.75, 3.05) is 5.32 Å². The molecule has 0 saturated heterocycles. The third-order valence-electron chi connectivity index (χ3n) is 6.06. The second-order valence-corrected chi connectivity index (χ2v) is 8.07. The molecule has 1 saturated carbocycles. The number of nitrogens with zero attached hydrogens (tertiary/aromatic N) is 3. The largest absolute Gasteiger partial charge is 0.325 e. The topological polar surface area (TPSA) is 115 Å². The van der Waals surface area contributed by atoms with Gasteiger partial charge in [-0.1, -0.05) is 25.0 Å². The predicted octanol–water partition coefficient (Wildman–Crippen LogP) is 4.59. The van der Waals surface area contributed by atoms with Gasteiger partial charge in [0, 0.05) is 22.9 Å². The first kappa shape index (κ1) is 17.9. The van der Waals surface area contributed by atoms with Crippen LogP contribution in [-0.4, -0.2) is 30.4 Å². The molecule has 8 nitrogen and oxygen atoms in total. The van der Waals surface area contributed by atoms with Gasteiger partial charge in [0.1, 0.15) is 11.6 Å². The van der Waals surface area contributed by atoms with Crippen molar-refractivity contribution in [2.45, 2.75) is 31.6 Å². The summed E-state index contributed by atoms with van der Waals surface area (Å²) < 4.78 is 0. The Morgan fingerprint density at radius 2 is 1.81 bits per heavy atom. The molecule has 8 heteroatoms. The molecule has 0 aliphatic heterocycles. The summed E-state index contributed by atoms with van der Waals surface area (Å²) in [5.74, 6) is 2.61. The summed E-state index contributed by atoms with van der Waals surface area (Å²) in [6.07, 6.45) is 4.94.